The molecule has 0 atom stereocenters. The van der Waals surface area contributed by atoms with Gasteiger partial charge in [0.15, 0.2) is 0 Å². The van der Waals surface area contributed by atoms with E-state index >= 15 is 0 Å². The molecule has 0 saturated heterocycles. The molecule has 21 heavy (non-hydrogen) atoms. The summed E-state index contributed by atoms with van der Waals surface area (Å²) >= 11 is 6.21. The van der Waals surface area contributed by atoms with Gasteiger partial charge in [-0.2, -0.15) is 5.10 Å². The van der Waals surface area contributed by atoms with Crippen LogP contribution >= 0.6 is 11.6 Å². The Labute approximate surface area is 127 Å². The van der Waals surface area contributed by atoms with Crippen LogP contribution in [0.2, 0.25) is 5.02 Å². The first-order valence-corrected chi connectivity index (χ1v) is 6.81. The van der Waals surface area contributed by atoms with Gasteiger partial charge in [0, 0.05) is 18.9 Å². The smallest absolute Gasteiger partial charge is 0.340 e. The van der Waals surface area contributed by atoms with Crippen LogP contribution in [0.3, 0.4) is 0 Å². The van der Waals surface area contributed by atoms with E-state index in [-0.39, 0.29) is 5.56 Å². The van der Waals surface area contributed by atoms with Crippen LogP contribution in [0.25, 0.3) is 0 Å². The average Bonchev–Trinajstić information content (AvgIpc) is 2.80. The number of hydrogen-bond acceptors (Lipinski definition) is 5. The van der Waals surface area contributed by atoms with E-state index in [1.54, 1.807) is 10.7 Å². The number of hydrogen-bond donors (Lipinski definition) is 2. The maximum Gasteiger partial charge on any atom is 0.340 e. The molecule has 0 fully saturated rings. The number of methoxy groups -OCH3 is 1. The van der Waals surface area contributed by atoms with Crippen molar-refractivity contribution in [1.82, 2.24) is 9.78 Å². The molecule has 0 aliphatic heterocycles. The number of esters is 1. The molecule has 1 aromatic heterocycles. The molecule has 112 valence electrons. The highest BCUT2D eigenvalue weighted by Crippen LogP contribution is 2.33. The lowest BCUT2D eigenvalue weighted by molar-refractivity contribution is 0.0602. The molecule has 1 aromatic carbocycles. The first-order chi connectivity index (χ1) is 9.96. The fourth-order valence-corrected chi connectivity index (χ4v) is 2.34. The quantitative estimate of drug-likeness (QED) is 0.670. The summed E-state index contributed by atoms with van der Waals surface area (Å²) in [6.45, 7) is 2.00. The number of carbonyl (C=O) groups is 1. The molecular weight excluding hydrogens is 292 g/mol. The van der Waals surface area contributed by atoms with Crippen molar-refractivity contribution in [2.45, 2.75) is 13.3 Å². The summed E-state index contributed by atoms with van der Waals surface area (Å²) in [4.78, 5) is 11.9. The molecule has 0 amide bonds. The zero-order chi connectivity index (χ0) is 15.6. The number of nitrogens with two attached hydrogens (primary N) is 1. The maximum absolute atomic E-state index is 11.9. The second-order valence-electron chi connectivity index (χ2n) is 4.56. The van der Waals surface area contributed by atoms with Gasteiger partial charge in [-0.3, -0.25) is 4.68 Å². The lowest BCUT2D eigenvalue weighted by Gasteiger charge is -2.13. The van der Waals surface area contributed by atoms with Crippen LogP contribution in [0, 0.1) is 0 Å². The van der Waals surface area contributed by atoms with E-state index in [4.69, 9.17) is 22.1 Å². The predicted octanol–water partition coefficient (Wildman–Crippen LogP) is 2.75. The Morgan fingerprint density at radius 2 is 2.24 bits per heavy atom. The summed E-state index contributed by atoms with van der Waals surface area (Å²) in [5.74, 6) is -0.506. The van der Waals surface area contributed by atoms with Crippen LogP contribution in [-0.2, 0) is 18.2 Å². The minimum atomic E-state index is -0.506. The summed E-state index contributed by atoms with van der Waals surface area (Å²) in [5, 5.41) is 7.84. The largest absolute Gasteiger partial charge is 0.465 e. The topological polar surface area (TPSA) is 82.2 Å². The van der Waals surface area contributed by atoms with Crippen molar-refractivity contribution < 1.29 is 9.53 Å². The van der Waals surface area contributed by atoms with Crippen molar-refractivity contribution in [2.75, 3.05) is 18.2 Å². The molecule has 3 N–H and O–H groups in total. The zero-order valence-corrected chi connectivity index (χ0v) is 12.9. The Hall–Kier alpha value is -2.21. The molecule has 1 heterocycles. The fraction of sp³-hybridized carbons (Fsp3) is 0.286. The van der Waals surface area contributed by atoms with Crippen molar-refractivity contribution in [3.63, 3.8) is 0 Å². The summed E-state index contributed by atoms with van der Waals surface area (Å²) in [7, 11) is 3.14. The van der Waals surface area contributed by atoms with Crippen molar-refractivity contribution in [3.05, 3.63) is 34.6 Å². The van der Waals surface area contributed by atoms with Crippen molar-refractivity contribution in [2.24, 2.45) is 7.05 Å². The van der Waals surface area contributed by atoms with Gasteiger partial charge in [-0.25, -0.2) is 4.79 Å². The van der Waals surface area contributed by atoms with E-state index in [0.717, 1.165) is 17.8 Å². The summed E-state index contributed by atoms with van der Waals surface area (Å²) < 4.78 is 6.47. The normalized spacial score (nSPS) is 10.5. The Morgan fingerprint density at radius 3 is 2.86 bits per heavy atom. The van der Waals surface area contributed by atoms with Crippen LogP contribution in [0.15, 0.2) is 18.3 Å². The maximum atomic E-state index is 11.9. The first kappa shape index (κ1) is 15.2. The summed E-state index contributed by atoms with van der Waals surface area (Å²) in [5.41, 5.74) is 8.54. The third-order valence-electron chi connectivity index (χ3n) is 3.02. The summed E-state index contributed by atoms with van der Waals surface area (Å²) in [6, 6.07) is 3.11. The minimum absolute atomic E-state index is 0.286. The van der Waals surface area contributed by atoms with Gasteiger partial charge in [0.05, 0.1) is 34.8 Å². The Kier molecular flexibility index (Phi) is 4.37. The van der Waals surface area contributed by atoms with Gasteiger partial charge in [-0.1, -0.05) is 18.5 Å². The number of benzene rings is 1. The third-order valence-corrected chi connectivity index (χ3v) is 3.32. The number of nitrogen functional groups attached to an aromatic ring is 1. The second kappa shape index (κ2) is 6.05. The van der Waals surface area contributed by atoms with E-state index < -0.39 is 5.97 Å². The minimum Gasteiger partial charge on any atom is -0.465 e. The van der Waals surface area contributed by atoms with Gasteiger partial charge in [0.2, 0.25) is 0 Å². The molecule has 0 unspecified atom stereocenters. The molecule has 0 aliphatic carbocycles. The van der Waals surface area contributed by atoms with Gasteiger partial charge in [-0.05, 0) is 18.6 Å². The van der Waals surface area contributed by atoms with E-state index in [1.807, 2.05) is 20.2 Å². The van der Waals surface area contributed by atoms with Gasteiger partial charge >= 0.3 is 5.97 Å². The summed E-state index contributed by atoms with van der Waals surface area (Å²) in [6.07, 6.45) is 2.58. The second-order valence-corrected chi connectivity index (χ2v) is 4.97. The fourth-order valence-electron chi connectivity index (χ4n) is 2.06. The zero-order valence-electron chi connectivity index (χ0n) is 12.1. The highest BCUT2D eigenvalue weighted by Gasteiger charge is 2.18. The molecule has 0 bridgehead atoms. The van der Waals surface area contributed by atoms with Crippen LogP contribution in [0.1, 0.15) is 23.0 Å². The van der Waals surface area contributed by atoms with Crippen LogP contribution in [0.5, 0.6) is 0 Å². The van der Waals surface area contributed by atoms with E-state index in [1.165, 1.54) is 13.2 Å². The van der Waals surface area contributed by atoms with E-state index in [2.05, 4.69) is 10.4 Å². The molecule has 2 rings (SSSR count). The number of ether oxygens (including phenoxy) is 1. The number of aromatic nitrogens is 2. The first-order valence-electron chi connectivity index (χ1n) is 6.43. The Bertz CT molecular complexity index is 682. The van der Waals surface area contributed by atoms with Crippen LogP contribution in [0.4, 0.5) is 17.1 Å². The Morgan fingerprint density at radius 1 is 1.52 bits per heavy atom. The monoisotopic (exact) mass is 308 g/mol. The van der Waals surface area contributed by atoms with E-state index in [9.17, 15) is 4.79 Å². The van der Waals surface area contributed by atoms with Crippen LogP contribution < -0.4 is 11.1 Å². The van der Waals surface area contributed by atoms with Gasteiger partial charge < -0.3 is 15.8 Å². The molecule has 0 aliphatic rings. The lowest BCUT2D eigenvalue weighted by atomic mass is 10.1. The molecule has 6 nitrogen and oxygen atoms in total. The Balaban J connectivity index is 2.50. The van der Waals surface area contributed by atoms with Crippen LogP contribution in [-0.4, -0.2) is 22.9 Å². The number of nitrogens with zero attached hydrogens (tertiary/aromatic N) is 2. The van der Waals surface area contributed by atoms with Gasteiger partial charge in [-0.15, -0.1) is 0 Å². The number of carbonyl (C=O) groups excluding carboxylic acids is 1. The van der Waals surface area contributed by atoms with Crippen molar-refractivity contribution >= 4 is 34.6 Å². The lowest BCUT2D eigenvalue weighted by Crippen LogP contribution is -2.07. The molecule has 0 radical (unpaired) electrons. The number of anilines is 3. The predicted molar refractivity (Wildman–Crippen MR) is 83.1 cm³/mol. The number of rotatable bonds is 4. The van der Waals surface area contributed by atoms with Crippen molar-refractivity contribution in [1.29, 1.82) is 0 Å². The molecule has 0 spiro atoms. The molecule has 0 saturated carbocycles. The number of nitrogens with one attached hydrogen (secondary N) is 1. The van der Waals surface area contributed by atoms with Gasteiger partial charge in [0.25, 0.3) is 0 Å². The number of aryl methyl sites for hydroxylation is 2. The average molecular weight is 309 g/mol. The van der Waals surface area contributed by atoms with Crippen molar-refractivity contribution in [3.8, 4) is 0 Å². The third kappa shape index (κ3) is 3.11. The molecule has 7 heteroatoms. The number of halogens is 1. The highest BCUT2D eigenvalue weighted by molar-refractivity contribution is 6.34. The molecular formula is C14H17ClN4O2. The SMILES string of the molecule is CCc1nn(C)cc1Nc1c(Cl)cc(N)cc1C(=O)OC. The van der Waals surface area contributed by atoms with Gasteiger partial charge in [0.1, 0.15) is 0 Å². The molecule has 2 aromatic rings. The standard InChI is InChI=1S/C14H17ClN4O2/c1-4-11-12(7-19(2)18-11)17-13-9(14(20)21-3)5-8(16)6-10(13)15/h5-7,17H,4,16H2,1-3H3. The van der Waals surface area contributed by atoms with E-state index in [0.29, 0.717) is 16.4 Å². The highest BCUT2D eigenvalue weighted by atomic mass is 35.5.